The highest BCUT2D eigenvalue weighted by Crippen LogP contribution is 2.16. The van der Waals surface area contributed by atoms with E-state index in [9.17, 15) is 9.59 Å². The van der Waals surface area contributed by atoms with Crippen molar-refractivity contribution in [3.05, 3.63) is 69.7 Å². The van der Waals surface area contributed by atoms with Gasteiger partial charge in [-0.25, -0.2) is 0 Å². The number of hydrogen-bond donors (Lipinski definition) is 2. The summed E-state index contributed by atoms with van der Waals surface area (Å²) in [6, 6.07) is 14.5. The van der Waals surface area contributed by atoms with E-state index in [2.05, 4.69) is 26.6 Å². The molecular weight excluding hydrogens is 440 g/mol. The fourth-order valence-corrected chi connectivity index (χ4v) is 3.63. The van der Waals surface area contributed by atoms with Crippen LogP contribution in [0.4, 0.5) is 0 Å². The van der Waals surface area contributed by atoms with E-state index in [4.69, 9.17) is 4.74 Å². The Bertz CT molecular complexity index is 801. The maximum atomic E-state index is 12.7. The van der Waals surface area contributed by atoms with Crippen LogP contribution in [0.2, 0.25) is 0 Å². The van der Waals surface area contributed by atoms with Crippen molar-refractivity contribution in [2.45, 2.75) is 25.6 Å². The molecule has 0 aliphatic heterocycles. The molecule has 28 heavy (non-hydrogen) atoms. The standard InChI is InChI=1S/C21H25BrN2O3S/c1-27-14-16-7-5-6-15(12-16)13-23-21(26)19(10-11-28-2)24-20(25)17-8-3-4-9-18(17)22/h3-9,12,19H,10-11,13-14H2,1-2H3,(H,23,26)(H,24,25). The van der Waals surface area contributed by atoms with Crippen molar-refractivity contribution in [3.8, 4) is 0 Å². The van der Waals surface area contributed by atoms with Gasteiger partial charge in [0.05, 0.1) is 12.2 Å². The highest BCUT2D eigenvalue weighted by atomic mass is 79.9. The minimum Gasteiger partial charge on any atom is -0.380 e. The van der Waals surface area contributed by atoms with Crippen LogP contribution in [0.3, 0.4) is 0 Å². The van der Waals surface area contributed by atoms with Crippen LogP contribution in [0.15, 0.2) is 53.0 Å². The Morgan fingerprint density at radius 3 is 2.61 bits per heavy atom. The molecule has 0 radical (unpaired) electrons. The molecule has 0 bridgehead atoms. The molecule has 0 saturated carbocycles. The number of benzene rings is 2. The lowest BCUT2D eigenvalue weighted by Gasteiger charge is -2.19. The van der Waals surface area contributed by atoms with Gasteiger partial charge in [-0.05, 0) is 57.6 Å². The van der Waals surface area contributed by atoms with Crippen LogP contribution in [-0.4, -0.2) is 37.0 Å². The van der Waals surface area contributed by atoms with Crippen LogP contribution >= 0.6 is 27.7 Å². The van der Waals surface area contributed by atoms with Gasteiger partial charge in [-0.15, -0.1) is 0 Å². The molecule has 1 unspecified atom stereocenters. The Morgan fingerprint density at radius 1 is 1.14 bits per heavy atom. The summed E-state index contributed by atoms with van der Waals surface area (Å²) in [6.45, 7) is 0.928. The largest absolute Gasteiger partial charge is 0.380 e. The zero-order valence-electron chi connectivity index (χ0n) is 16.0. The average Bonchev–Trinajstić information content (AvgIpc) is 2.70. The average molecular weight is 465 g/mol. The smallest absolute Gasteiger partial charge is 0.253 e. The molecule has 0 heterocycles. The minimum atomic E-state index is -0.589. The second-order valence-corrected chi connectivity index (χ2v) is 8.10. The van der Waals surface area contributed by atoms with Crippen molar-refractivity contribution in [2.24, 2.45) is 0 Å². The fourth-order valence-electron chi connectivity index (χ4n) is 2.69. The Morgan fingerprint density at radius 2 is 1.89 bits per heavy atom. The quantitative estimate of drug-likeness (QED) is 0.561. The van der Waals surface area contributed by atoms with Gasteiger partial charge in [-0.3, -0.25) is 9.59 Å². The summed E-state index contributed by atoms with van der Waals surface area (Å²) in [5, 5.41) is 5.80. The van der Waals surface area contributed by atoms with Gasteiger partial charge in [0.2, 0.25) is 5.91 Å². The van der Waals surface area contributed by atoms with Gasteiger partial charge in [0.25, 0.3) is 5.91 Å². The first-order valence-electron chi connectivity index (χ1n) is 8.94. The van der Waals surface area contributed by atoms with Gasteiger partial charge >= 0.3 is 0 Å². The highest BCUT2D eigenvalue weighted by molar-refractivity contribution is 9.10. The molecule has 5 nitrogen and oxygen atoms in total. The second kappa shape index (κ2) is 11.9. The monoisotopic (exact) mass is 464 g/mol. The van der Waals surface area contributed by atoms with E-state index in [1.807, 2.05) is 36.6 Å². The number of carbonyl (C=O) groups is 2. The number of halogens is 1. The Balaban J connectivity index is 2.01. The minimum absolute atomic E-state index is 0.188. The van der Waals surface area contributed by atoms with Crippen molar-refractivity contribution in [2.75, 3.05) is 19.1 Å². The molecule has 2 amide bonds. The summed E-state index contributed by atoms with van der Waals surface area (Å²) < 4.78 is 5.85. The van der Waals surface area contributed by atoms with Crippen molar-refractivity contribution < 1.29 is 14.3 Å². The SMILES string of the molecule is COCc1cccc(CNC(=O)C(CCSC)NC(=O)c2ccccc2Br)c1. The van der Waals surface area contributed by atoms with E-state index in [0.717, 1.165) is 16.9 Å². The summed E-state index contributed by atoms with van der Waals surface area (Å²) in [7, 11) is 1.65. The Labute approximate surface area is 178 Å². The van der Waals surface area contributed by atoms with Crippen molar-refractivity contribution in [3.63, 3.8) is 0 Å². The van der Waals surface area contributed by atoms with E-state index >= 15 is 0 Å². The van der Waals surface area contributed by atoms with E-state index in [1.165, 1.54) is 0 Å². The first-order chi connectivity index (χ1) is 13.5. The Kier molecular flexibility index (Phi) is 9.54. The summed E-state index contributed by atoms with van der Waals surface area (Å²) in [6.07, 6.45) is 2.54. The number of rotatable bonds is 10. The zero-order chi connectivity index (χ0) is 20.4. The number of methoxy groups -OCH3 is 1. The molecule has 2 N–H and O–H groups in total. The van der Waals surface area contributed by atoms with E-state index in [0.29, 0.717) is 29.6 Å². The summed E-state index contributed by atoms with van der Waals surface area (Å²) in [5.41, 5.74) is 2.55. The number of hydrogen-bond acceptors (Lipinski definition) is 4. The number of ether oxygens (including phenoxy) is 1. The molecule has 0 spiro atoms. The van der Waals surface area contributed by atoms with Crippen LogP contribution in [0.25, 0.3) is 0 Å². The van der Waals surface area contributed by atoms with Gasteiger partial charge in [-0.1, -0.05) is 36.4 Å². The summed E-state index contributed by atoms with van der Waals surface area (Å²) in [4.78, 5) is 25.3. The molecule has 0 aliphatic carbocycles. The molecule has 2 aromatic rings. The predicted octanol–water partition coefficient (Wildman–Crippen LogP) is 3.76. The van der Waals surface area contributed by atoms with Crippen molar-refractivity contribution in [1.82, 2.24) is 10.6 Å². The molecule has 150 valence electrons. The second-order valence-electron chi connectivity index (χ2n) is 6.26. The van der Waals surface area contributed by atoms with Crippen LogP contribution in [0.1, 0.15) is 27.9 Å². The molecule has 2 aromatic carbocycles. The van der Waals surface area contributed by atoms with Gasteiger partial charge in [-0.2, -0.15) is 11.8 Å². The third kappa shape index (κ3) is 6.96. The van der Waals surface area contributed by atoms with Crippen LogP contribution in [0, 0.1) is 0 Å². The molecule has 0 aromatic heterocycles. The number of nitrogens with one attached hydrogen (secondary N) is 2. The van der Waals surface area contributed by atoms with Crippen molar-refractivity contribution in [1.29, 1.82) is 0 Å². The van der Waals surface area contributed by atoms with Gasteiger partial charge in [0.15, 0.2) is 0 Å². The van der Waals surface area contributed by atoms with Crippen LogP contribution in [-0.2, 0) is 22.7 Å². The molecule has 0 fully saturated rings. The predicted molar refractivity (Wildman–Crippen MR) is 117 cm³/mol. The van der Waals surface area contributed by atoms with E-state index < -0.39 is 6.04 Å². The normalized spacial score (nSPS) is 11.7. The van der Waals surface area contributed by atoms with Gasteiger partial charge in [0, 0.05) is 18.1 Å². The maximum absolute atomic E-state index is 12.7. The van der Waals surface area contributed by atoms with E-state index in [-0.39, 0.29) is 11.8 Å². The van der Waals surface area contributed by atoms with Gasteiger partial charge < -0.3 is 15.4 Å². The summed E-state index contributed by atoms with van der Waals surface area (Å²) >= 11 is 5.02. The maximum Gasteiger partial charge on any atom is 0.253 e. The molecule has 0 saturated heterocycles. The van der Waals surface area contributed by atoms with Crippen LogP contribution in [0.5, 0.6) is 0 Å². The molecular formula is C21H25BrN2O3S. The fraction of sp³-hybridized carbons (Fsp3) is 0.333. The molecule has 1 atom stereocenters. The number of thioether (sulfide) groups is 1. The lowest BCUT2D eigenvalue weighted by Crippen LogP contribution is -2.47. The lowest BCUT2D eigenvalue weighted by atomic mass is 10.1. The summed E-state index contributed by atoms with van der Waals surface area (Å²) in [5.74, 6) is 0.319. The third-order valence-electron chi connectivity index (χ3n) is 4.12. The lowest BCUT2D eigenvalue weighted by molar-refractivity contribution is -0.123. The van der Waals surface area contributed by atoms with Gasteiger partial charge in [0.1, 0.15) is 6.04 Å². The highest BCUT2D eigenvalue weighted by Gasteiger charge is 2.21. The zero-order valence-corrected chi connectivity index (χ0v) is 18.4. The molecule has 2 rings (SSSR count). The first kappa shape index (κ1) is 22.5. The van der Waals surface area contributed by atoms with E-state index in [1.54, 1.807) is 37.1 Å². The Hall–Kier alpha value is -1.83. The number of carbonyl (C=O) groups excluding carboxylic acids is 2. The topological polar surface area (TPSA) is 67.4 Å². The third-order valence-corrected chi connectivity index (χ3v) is 5.46. The van der Waals surface area contributed by atoms with Crippen LogP contribution < -0.4 is 10.6 Å². The first-order valence-corrected chi connectivity index (χ1v) is 11.1. The molecule has 0 aliphatic rings. The number of amides is 2. The van der Waals surface area contributed by atoms with Crippen molar-refractivity contribution >= 4 is 39.5 Å². The molecule has 7 heteroatoms.